The highest BCUT2D eigenvalue weighted by molar-refractivity contribution is 5.84. The largest absolute Gasteiger partial charge is 0.351 e. The molecule has 1 atom stereocenters. The molecule has 6 rings (SSSR count). The Bertz CT molecular complexity index is 1670. The van der Waals surface area contributed by atoms with Crippen molar-refractivity contribution in [2.45, 2.75) is 116 Å². The van der Waals surface area contributed by atoms with Gasteiger partial charge in [-0.2, -0.15) is 5.21 Å². The average molecular weight is 610 g/mol. The number of tetrazole rings is 1. The van der Waals surface area contributed by atoms with Crippen molar-refractivity contribution >= 4 is 5.91 Å². The van der Waals surface area contributed by atoms with Gasteiger partial charge in [0.15, 0.2) is 0 Å². The average Bonchev–Trinajstić information content (AvgIpc) is 3.67. The van der Waals surface area contributed by atoms with Crippen molar-refractivity contribution in [3.63, 3.8) is 0 Å². The van der Waals surface area contributed by atoms with E-state index in [1.807, 2.05) is 43.7 Å². The van der Waals surface area contributed by atoms with Gasteiger partial charge in [-0.15, -0.1) is 10.2 Å². The van der Waals surface area contributed by atoms with Crippen LogP contribution in [0.25, 0.3) is 22.5 Å². The van der Waals surface area contributed by atoms with Crippen LogP contribution >= 0.6 is 0 Å². The van der Waals surface area contributed by atoms with Crippen LogP contribution in [0.15, 0.2) is 53.3 Å². The molecule has 3 heterocycles. The molecule has 1 saturated carbocycles. The normalized spacial score (nSPS) is 18.0. The van der Waals surface area contributed by atoms with Gasteiger partial charge >= 0.3 is 0 Å². The van der Waals surface area contributed by atoms with E-state index in [0.29, 0.717) is 12.2 Å². The molecule has 238 valence electrons. The van der Waals surface area contributed by atoms with Crippen LogP contribution in [0.5, 0.6) is 0 Å². The highest BCUT2D eigenvalue weighted by atomic mass is 16.2. The van der Waals surface area contributed by atoms with E-state index >= 15 is 0 Å². The predicted octanol–water partition coefficient (Wildman–Crippen LogP) is 6.63. The van der Waals surface area contributed by atoms with E-state index in [0.717, 1.165) is 104 Å². The van der Waals surface area contributed by atoms with Gasteiger partial charge in [0.05, 0.1) is 11.5 Å². The first-order chi connectivity index (χ1) is 21.7. The molecule has 1 amide bonds. The fourth-order valence-electron chi connectivity index (χ4n) is 7.65. The molecule has 2 aromatic heterocycles. The molecule has 9 nitrogen and oxygen atoms in total. The Morgan fingerprint density at radius 3 is 2.42 bits per heavy atom. The minimum absolute atomic E-state index is 0.0887. The quantitative estimate of drug-likeness (QED) is 0.221. The molecule has 0 spiro atoms. The third-order valence-electron chi connectivity index (χ3n) is 9.78. The van der Waals surface area contributed by atoms with Crippen LogP contribution in [0.3, 0.4) is 0 Å². The number of carbonyl (C=O) groups excluding carboxylic acids is 1. The van der Waals surface area contributed by atoms with Gasteiger partial charge in [0.2, 0.25) is 11.7 Å². The summed E-state index contributed by atoms with van der Waals surface area (Å²) in [5, 5.41) is 18.0. The molecule has 0 bridgehead atoms. The van der Waals surface area contributed by atoms with Crippen LogP contribution < -0.4 is 10.9 Å². The van der Waals surface area contributed by atoms with Crippen molar-refractivity contribution in [3.05, 3.63) is 75.7 Å². The summed E-state index contributed by atoms with van der Waals surface area (Å²) in [5.74, 6) is 0.679. The number of H-pyrrole nitrogens is 1. The number of hydrogen-bond acceptors (Lipinski definition) is 5. The molecule has 1 fully saturated rings. The minimum Gasteiger partial charge on any atom is -0.351 e. The Balaban J connectivity index is 1.37. The number of carbonyl (C=O) groups is 1. The molecule has 0 saturated heterocycles. The van der Waals surface area contributed by atoms with Crippen molar-refractivity contribution in [1.29, 1.82) is 0 Å². The summed E-state index contributed by atoms with van der Waals surface area (Å²) >= 11 is 0. The van der Waals surface area contributed by atoms with Gasteiger partial charge in [0.25, 0.3) is 5.56 Å². The van der Waals surface area contributed by atoms with E-state index in [9.17, 15) is 9.59 Å². The SMILES string of the molecule is CCCCc1c(Cc2ccc(-c3ccccc3-c3nn[nH]n3)cc2)c(=O)n2n1CCCC2C1(C(=O)NC(C)(C)C)CCCCC1. The molecule has 45 heavy (non-hydrogen) atoms. The highest BCUT2D eigenvalue weighted by Crippen LogP contribution is 2.49. The Labute approximate surface area is 265 Å². The Kier molecular flexibility index (Phi) is 8.80. The molecule has 4 aromatic rings. The lowest BCUT2D eigenvalue weighted by Gasteiger charge is -2.46. The molecule has 1 unspecified atom stereocenters. The van der Waals surface area contributed by atoms with Crippen LogP contribution in [0.1, 0.15) is 108 Å². The lowest BCUT2D eigenvalue weighted by Crippen LogP contribution is -2.55. The maximum atomic E-state index is 14.6. The first-order valence-corrected chi connectivity index (χ1v) is 16.8. The van der Waals surface area contributed by atoms with Crippen LogP contribution in [-0.2, 0) is 24.2 Å². The van der Waals surface area contributed by atoms with E-state index in [-0.39, 0.29) is 23.0 Å². The summed E-state index contributed by atoms with van der Waals surface area (Å²) in [6.07, 6.45) is 10.3. The lowest BCUT2D eigenvalue weighted by atomic mass is 9.66. The second-order valence-electron chi connectivity index (χ2n) is 14.0. The van der Waals surface area contributed by atoms with Crippen LogP contribution in [0.2, 0.25) is 0 Å². The molecule has 2 aliphatic rings. The number of amides is 1. The zero-order valence-corrected chi connectivity index (χ0v) is 27.2. The van der Waals surface area contributed by atoms with Crippen molar-refractivity contribution in [2.75, 3.05) is 0 Å². The number of nitrogens with one attached hydrogen (secondary N) is 2. The lowest BCUT2D eigenvalue weighted by molar-refractivity contribution is -0.139. The summed E-state index contributed by atoms with van der Waals surface area (Å²) in [5.41, 5.74) is 5.35. The molecule has 2 aromatic carbocycles. The smallest absolute Gasteiger partial charge is 0.270 e. The summed E-state index contributed by atoms with van der Waals surface area (Å²) in [6, 6.07) is 16.4. The van der Waals surface area contributed by atoms with Gasteiger partial charge in [-0.3, -0.25) is 14.3 Å². The third kappa shape index (κ3) is 6.14. The molecular formula is C36H47N7O2. The second kappa shape index (κ2) is 12.8. The summed E-state index contributed by atoms with van der Waals surface area (Å²) in [4.78, 5) is 28.7. The summed E-state index contributed by atoms with van der Waals surface area (Å²) < 4.78 is 4.31. The van der Waals surface area contributed by atoms with E-state index in [1.165, 1.54) is 0 Å². The first-order valence-electron chi connectivity index (χ1n) is 16.8. The maximum absolute atomic E-state index is 14.6. The van der Waals surface area contributed by atoms with Crippen molar-refractivity contribution in [2.24, 2.45) is 5.41 Å². The Morgan fingerprint density at radius 2 is 1.76 bits per heavy atom. The van der Waals surface area contributed by atoms with E-state index in [4.69, 9.17) is 0 Å². The number of rotatable bonds is 9. The molecule has 2 N–H and O–H groups in total. The number of hydrogen-bond donors (Lipinski definition) is 2. The fraction of sp³-hybridized carbons (Fsp3) is 0.528. The van der Waals surface area contributed by atoms with E-state index < -0.39 is 5.41 Å². The Hall–Kier alpha value is -4.01. The van der Waals surface area contributed by atoms with E-state index in [2.05, 4.69) is 67.9 Å². The molecule has 0 radical (unpaired) electrons. The minimum atomic E-state index is -0.557. The maximum Gasteiger partial charge on any atom is 0.270 e. The fourth-order valence-corrected chi connectivity index (χ4v) is 7.65. The van der Waals surface area contributed by atoms with Gasteiger partial charge < -0.3 is 5.32 Å². The standard InChI is InChI=1S/C36H47N7O2/c1-5-6-15-30-29(24-25-17-19-26(20-18-25)27-13-8-9-14-28(27)32-38-40-41-39-32)33(44)43-31(16-12-23-42(30)43)36(21-10-7-11-22-36)34(45)37-35(2,3)4/h8-9,13-14,17-20,31H,5-7,10-12,15-16,21-24H2,1-4H3,(H,37,45)(H,38,39,40,41). The van der Waals surface area contributed by atoms with Crippen LogP contribution in [-0.4, -0.2) is 41.4 Å². The molecular weight excluding hydrogens is 562 g/mol. The molecule has 1 aliphatic heterocycles. The predicted molar refractivity (Wildman–Crippen MR) is 177 cm³/mol. The number of nitrogens with zero attached hydrogens (tertiary/aromatic N) is 5. The van der Waals surface area contributed by atoms with E-state index in [1.54, 1.807) is 0 Å². The monoisotopic (exact) mass is 609 g/mol. The van der Waals surface area contributed by atoms with Gasteiger partial charge in [-0.05, 0) is 81.2 Å². The van der Waals surface area contributed by atoms with Crippen molar-refractivity contribution < 1.29 is 4.79 Å². The number of unbranched alkanes of at least 4 members (excludes halogenated alkanes) is 1. The highest BCUT2D eigenvalue weighted by Gasteiger charge is 2.50. The third-order valence-corrected chi connectivity index (χ3v) is 9.78. The van der Waals surface area contributed by atoms with Crippen molar-refractivity contribution in [1.82, 2.24) is 35.3 Å². The molecule has 9 heteroatoms. The Morgan fingerprint density at radius 1 is 1.02 bits per heavy atom. The number of benzene rings is 2. The number of aromatic amines is 1. The summed E-state index contributed by atoms with van der Waals surface area (Å²) in [7, 11) is 0. The first kappa shape index (κ1) is 31.0. The van der Waals surface area contributed by atoms with Gasteiger partial charge in [0.1, 0.15) is 0 Å². The van der Waals surface area contributed by atoms with Gasteiger partial charge in [-0.25, -0.2) is 4.68 Å². The van der Waals surface area contributed by atoms with Crippen LogP contribution in [0, 0.1) is 5.41 Å². The number of aromatic nitrogens is 6. The topological polar surface area (TPSA) is 110 Å². The zero-order chi connectivity index (χ0) is 31.6. The second-order valence-corrected chi connectivity index (χ2v) is 14.0. The van der Waals surface area contributed by atoms with Gasteiger partial charge in [0, 0.05) is 35.3 Å². The molecule has 1 aliphatic carbocycles. The zero-order valence-electron chi connectivity index (χ0n) is 27.2. The van der Waals surface area contributed by atoms with Crippen LogP contribution in [0.4, 0.5) is 0 Å². The summed E-state index contributed by atoms with van der Waals surface area (Å²) in [6.45, 7) is 9.17. The van der Waals surface area contributed by atoms with Gasteiger partial charge in [-0.1, -0.05) is 81.1 Å². The van der Waals surface area contributed by atoms with Crippen molar-refractivity contribution in [3.8, 4) is 22.5 Å². The number of fused-ring (bicyclic) bond motifs is 1.